The van der Waals surface area contributed by atoms with Crippen LogP contribution in [0.15, 0.2) is 18.2 Å². The molecule has 0 amide bonds. The van der Waals surface area contributed by atoms with Gasteiger partial charge in [0.05, 0.1) is 23.0 Å². The summed E-state index contributed by atoms with van der Waals surface area (Å²) in [5.74, 6) is 2.15. The molecular formula is C12H17N3S. The lowest BCUT2D eigenvalue weighted by molar-refractivity contribution is 0.914. The molecule has 0 saturated heterocycles. The highest BCUT2D eigenvalue weighted by atomic mass is 32.2. The van der Waals surface area contributed by atoms with Crippen molar-refractivity contribution in [2.24, 2.45) is 0 Å². The molecule has 1 atom stereocenters. The molecule has 0 saturated carbocycles. The zero-order chi connectivity index (χ0) is 12.0. The molecule has 1 rings (SSSR count). The van der Waals surface area contributed by atoms with Gasteiger partial charge >= 0.3 is 0 Å². The zero-order valence-electron chi connectivity index (χ0n) is 9.66. The van der Waals surface area contributed by atoms with Gasteiger partial charge in [-0.25, -0.2) is 0 Å². The van der Waals surface area contributed by atoms with Crippen LogP contribution in [0.4, 0.5) is 11.4 Å². The Kier molecular flexibility index (Phi) is 5.00. The number of rotatable bonds is 5. The van der Waals surface area contributed by atoms with E-state index < -0.39 is 0 Å². The van der Waals surface area contributed by atoms with E-state index in [1.807, 2.05) is 11.8 Å². The Hall–Kier alpha value is -1.34. The van der Waals surface area contributed by atoms with E-state index in [0.717, 1.165) is 17.2 Å². The van der Waals surface area contributed by atoms with Crippen LogP contribution in [0.25, 0.3) is 0 Å². The first-order valence-electron chi connectivity index (χ1n) is 5.31. The summed E-state index contributed by atoms with van der Waals surface area (Å²) in [5, 5.41) is 12.1. The highest BCUT2D eigenvalue weighted by Crippen LogP contribution is 2.21. The van der Waals surface area contributed by atoms with Crippen LogP contribution >= 0.6 is 11.8 Å². The molecule has 3 N–H and O–H groups in total. The van der Waals surface area contributed by atoms with E-state index in [2.05, 4.69) is 25.2 Å². The molecule has 4 heteroatoms. The summed E-state index contributed by atoms with van der Waals surface area (Å²) < 4.78 is 0. The van der Waals surface area contributed by atoms with Crippen LogP contribution in [0.2, 0.25) is 0 Å². The SMILES string of the molecule is CCSCC(C)Nc1cc(C#N)ccc1N. The Morgan fingerprint density at radius 2 is 2.31 bits per heavy atom. The minimum absolute atomic E-state index is 0.348. The molecule has 0 radical (unpaired) electrons. The maximum absolute atomic E-state index is 8.81. The lowest BCUT2D eigenvalue weighted by Crippen LogP contribution is -2.19. The second kappa shape index (κ2) is 6.29. The molecule has 3 nitrogen and oxygen atoms in total. The highest BCUT2D eigenvalue weighted by molar-refractivity contribution is 7.99. The molecule has 0 spiro atoms. The largest absolute Gasteiger partial charge is 0.397 e. The maximum atomic E-state index is 8.81. The normalized spacial score (nSPS) is 11.8. The van der Waals surface area contributed by atoms with Gasteiger partial charge in [0.1, 0.15) is 0 Å². The van der Waals surface area contributed by atoms with Crippen LogP contribution in [0, 0.1) is 11.3 Å². The molecule has 86 valence electrons. The molecule has 0 aliphatic carbocycles. The van der Waals surface area contributed by atoms with E-state index in [9.17, 15) is 0 Å². The first-order chi connectivity index (χ1) is 7.67. The third-order valence-electron chi connectivity index (χ3n) is 2.16. The molecule has 0 aliphatic rings. The van der Waals surface area contributed by atoms with Crippen LogP contribution in [0.1, 0.15) is 19.4 Å². The Balaban J connectivity index is 2.69. The fraction of sp³-hybridized carbons (Fsp3) is 0.417. The van der Waals surface area contributed by atoms with E-state index in [-0.39, 0.29) is 0 Å². The monoisotopic (exact) mass is 235 g/mol. The van der Waals surface area contributed by atoms with Gasteiger partial charge in [-0.2, -0.15) is 17.0 Å². The molecule has 0 aromatic heterocycles. The maximum Gasteiger partial charge on any atom is 0.0992 e. The minimum atomic E-state index is 0.348. The minimum Gasteiger partial charge on any atom is -0.397 e. The number of nitrogens with zero attached hydrogens (tertiary/aromatic N) is 1. The number of nitriles is 1. The van der Waals surface area contributed by atoms with Crippen LogP contribution in [-0.4, -0.2) is 17.5 Å². The van der Waals surface area contributed by atoms with Crippen molar-refractivity contribution in [3.8, 4) is 6.07 Å². The number of hydrogen-bond acceptors (Lipinski definition) is 4. The fourth-order valence-corrected chi connectivity index (χ4v) is 2.03. The molecular weight excluding hydrogens is 218 g/mol. The summed E-state index contributed by atoms with van der Waals surface area (Å²) in [6.45, 7) is 4.25. The Labute approximate surface area is 101 Å². The number of benzene rings is 1. The van der Waals surface area contributed by atoms with E-state index in [4.69, 9.17) is 11.0 Å². The van der Waals surface area contributed by atoms with Crippen molar-refractivity contribution in [3.05, 3.63) is 23.8 Å². The quantitative estimate of drug-likeness (QED) is 0.770. The van der Waals surface area contributed by atoms with Gasteiger partial charge in [0, 0.05) is 11.8 Å². The Bertz CT molecular complexity index is 384. The van der Waals surface area contributed by atoms with Crippen LogP contribution in [-0.2, 0) is 0 Å². The summed E-state index contributed by atoms with van der Waals surface area (Å²) in [6.07, 6.45) is 0. The van der Waals surface area contributed by atoms with Crippen LogP contribution < -0.4 is 11.1 Å². The van der Waals surface area contributed by atoms with Gasteiger partial charge < -0.3 is 11.1 Å². The van der Waals surface area contributed by atoms with Crippen LogP contribution in [0.5, 0.6) is 0 Å². The number of nitrogen functional groups attached to an aromatic ring is 1. The summed E-state index contributed by atoms with van der Waals surface area (Å²) >= 11 is 1.88. The molecule has 1 aromatic rings. The van der Waals surface area contributed by atoms with Gasteiger partial charge in [0.25, 0.3) is 0 Å². The number of anilines is 2. The Morgan fingerprint density at radius 3 is 2.94 bits per heavy atom. The van der Waals surface area contributed by atoms with Gasteiger partial charge in [-0.1, -0.05) is 6.92 Å². The van der Waals surface area contributed by atoms with Crippen molar-refractivity contribution >= 4 is 23.1 Å². The van der Waals surface area contributed by atoms with E-state index in [1.54, 1.807) is 18.2 Å². The van der Waals surface area contributed by atoms with Crippen LogP contribution in [0.3, 0.4) is 0 Å². The van der Waals surface area contributed by atoms with Crippen molar-refractivity contribution in [1.29, 1.82) is 5.26 Å². The zero-order valence-corrected chi connectivity index (χ0v) is 10.5. The smallest absolute Gasteiger partial charge is 0.0992 e. The van der Waals surface area contributed by atoms with Crippen molar-refractivity contribution < 1.29 is 0 Å². The number of thioether (sulfide) groups is 1. The highest BCUT2D eigenvalue weighted by Gasteiger charge is 2.05. The third kappa shape index (κ3) is 3.67. The summed E-state index contributed by atoms with van der Waals surface area (Å²) in [5.41, 5.74) is 8.01. The van der Waals surface area contributed by atoms with Gasteiger partial charge in [0.2, 0.25) is 0 Å². The first-order valence-corrected chi connectivity index (χ1v) is 6.46. The second-order valence-electron chi connectivity index (χ2n) is 3.62. The summed E-state index contributed by atoms with van der Waals surface area (Å²) in [4.78, 5) is 0. The molecule has 1 unspecified atom stereocenters. The number of nitrogens with one attached hydrogen (secondary N) is 1. The van der Waals surface area contributed by atoms with Gasteiger partial charge in [-0.05, 0) is 30.9 Å². The topological polar surface area (TPSA) is 61.8 Å². The lowest BCUT2D eigenvalue weighted by Gasteiger charge is -2.16. The van der Waals surface area contributed by atoms with E-state index in [0.29, 0.717) is 17.3 Å². The van der Waals surface area contributed by atoms with Crippen molar-refractivity contribution in [3.63, 3.8) is 0 Å². The third-order valence-corrected chi connectivity index (χ3v) is 3.30. The predicted molar refractivity (Wildman–Crippen MR) is 71.7 cm³/mol. The lowest BCUT2D eigenvalue weighted by atomic mass is 10.2. The fourth-order valence-electron chi connectivity index (χ4n) is 1.35. The van der Waals surface area contributed by atoms with E-state index in [1.165, 1.54) is 0 Å². The second-order valence-corrected chi connectivity index (χ2v) is 4.94. The molecule has 0 bridgehead atoms. The molecule has 0 heterocycles. The predicted octanol–water partition coefficient (Wildman–Crippen LogP) is 2.69. The molecule has 16 heavy (non-hydrogen) atoms. The summed E-state index contributed by atoms with van der Waals surface area (Å²) in [7, 11) is 0. The molecule has 0 aliphatic heterocycles. The van der Waals surface area contributed by atoms with Crippen molar-refractivity contribution in [2.75, 3.05) is 22.6 Å². The van der Waals surface area contributed by atoms with Gasteiger partial charge in [-0.3, -0.25) is 0 Å². The van der Waals surface area contributed by atoms with E-state index >= 15 is 0 Å². The van der Waals surface area contributed by atoms with Crippen molar-refractivity contribution in [2.45, 2.75) is 19.9 Å². The average molecular weight is 235 g/mol. The first kappa shape index (κ1) is 12.7. The number of hydrogen-bond donors (Lipinski definition) is 2. The van der Waals surface area contributed by atoms with Crippen molar-refractivity contribution in [1.82, 2.24) is 0 Å². The van der Waals surface area contributed by atoms with Gasteiger partial charge in [0.15, 0.2) is 0 Å². The average Bonchev–Trinajstić information content (AvgIpc) is 2.29. The number of nitrogens with two attached hydrogens (primary N) is 1. The Morgan fingerprint density at radius 1 is 1.56 bits per heavy atom. The molecule has 0 fully saturated rings. The standard InChI is InChI=1S/C12H17N3S/c1-3-16-8-9(2)15-12-6-10(7-13)4-5-11(12)14/h4-6,9,15H,3,8,14H2,1-2H3. The summed E-state index contributed by atoms with van der Waals surface area (Å²) in [6, 6.07) is 7.75. The molecule has 1 aromatic carbocycles. The van der Waals surface area contributed by atoms with Gasteiger partial charge in [-0.15, -0.1) is 0 Å².